The van der Waals surface area contributed by atoms with Gasteiger partial charge in [-0.3, -0.25) is 9.69 Å². The van der Waals surface area contributed by atoms with Gasteiger partial charge in [0.2, 0.25) is 5.95 Å². The summed E-state index contributed by atoms with van der Waals surface area (Å²) in [4.78, 5) is 28.2. The van der Waals surface area contributed by atoms with Gasteiger partial charge >= 0.3 is 5.97 Å². The van der Waals surface area contributed by atoms with E-state index in [0.717, 1.165) is 62.6 Å². The van der Waals surface area contributed by atoms with E-state index in [0.29, 0.717) is 23.6 Å². The van der Waals surface area contributed by atoms with Gasteiger partial charge in [-0.2, -0.15) is 0 Å². The number of phenols is 1. The average molecular weight is 517 g/mol. The number of aromatic nitrogens is 4. The van der Waals surface area contributed by atoms with Crippen molar-refractivity contribution >= 4 is 23.4 Å². The highest BCUT2D eigenvalue weighted by molar-refractivity contribution is 5.74. The van der Waals surface area contributed by atoms with Gasteiger partial charge in [-0.25, -0.2) is 9.97 Å². The van der Waals surface area contributed by atoms with Crippen LogP contribution in [-0.2, 0) is 16.1 Å². The predicted molar refractivity (Wildman–Crippen MR) is 142 cm³/mol. The molecule has 3 atom stereocenters. The van der Waals surface area contributed by atoms with E-state index >= 15 is 0 Å². The third-order valence-electron chi connectivity index (χ3n) is 7.94. The van der Waals surface area contributed by atoms with Crippen molar-refractivity contribution in [2.45, 2.75) is 37.9 Å². The Kier molecular flexibility index (Phi) is 6.44. The summed E-state index contributed by atoms with van der Waals surface area (Å²) < 4.78 is 4.89. The van der Waals surface area contributed by atoms with E-state index in [1.807, 2.05) is 30.6 Å². The van der Waals surface area contributed by atoms with Gasteiger partial charge in [-0.1, -0.05) is 12.1 Å². The zero-order chi connectivity index (χ0) is 26.2. The highest BCUT2D eigenvalue weighted by atomic mass is 16.5. The van der Waals surface area contributed by atoms with Crippen LogP contribution < -0.4 is 15.5 Å². The molecule has 38 heavy (non-hydrogen) atoms. The van der Waals surface area contributed by atoms with Crippen molar-refractivity contribution in [2.24, 2.45) is 5.92 Å². The lowest BCUT2D eigenvalue weighted by Gasteiger charge is -2.42. The Balaban J connectivity index is 1.14. The molecular weight excluding hydrogens is 484 g/mol. The second kappa shape index (κ2) is 10.1. The first-order valence-electron chi connectivity index (χ1n) is 13.1. The molecule has 0 aliphatic carbocycles. The third-order valence-corrected chi connectivity index (χ3v) is 7.94. The number of rotatable bonds is 6. The number of hydrogen-bond acceptors (Lipinski definition) is 11. The normalized spacial score (nSPS) is 23.1. The molecule has 0 saturated carbocycles. The lowest BCUT2D eigenvalue weighted by atomic mass is 10.1. The van der Waals surface area contributed by atoms with Crippen LogP contribution >= 0.6 is 0 Å². The summed E-state index contributed by atoms with van der Waals surface area (Å²) in [6.45, 7) is 3.86. The maximum atomic E-state index is 11.8. The van der Waals surface area contributed by atoms with Crippen LogP contribution in [0.15, 0.2) is 42.7 Å². The SMILES string of the molecule is COC(=O)[C@@H]1CCN(Cc2cnc(N3C4CCC3CN(c3cc(-c5ccccc5O)nnc3N)C4)nc2)C1. The van der Waals surface area contributed by atoms with Crippen LogP contribution in [0.25, 0.3) is 11.3 Å². The summed E-state index contributed by atoms with van der Waals surface area (Å²) in [5.74, 6) is 1.12. The summed E-state index contributed by atoms with van der Waals surface area (Å²) in [6, 6.07) is 9.55. The van der Waals surface area contributed by atoms with E-state index in [2.05, 4.69) is 24.9 Å². The van der Waals surface area contributed by atoms with Crippen molar-refractivity contribution in [3.8, 4) is 17.0 Å². The van der Waals surface area contributed by atoms with Crippen LogP contribution in [0.2, 0.25) is 0 Å². The Bertz CT molecular complexity index is 1310. The number of methoxy groups -OCH3 is 1. The van der Waals surface area contributed by atoms with Gasteiger partial charge in [0.1, 0.15) is 5.75 Å². The summed E-state index contributed by atoms with van der Waals surface area (Å²) >= 11 is 0. The molecule has 3 aliphatic rings. The molecule has 5 heterocycles. The monoisotopic (exact) mass is 516 g/mol. The number of hydrogen-bond donors (Lipinski definition) is 2. The molecule has 1 aromatic carbocycles. The van der Waals surface area contributed by atoms with Crippen LogP contribution in [0.3, 0.4) is 0 Å². The summed E-state index contributed by atoms with van der Waals surface area (Å²) in [7, 11) is 1.45. The fourth-order valence-electron chi connectivity index (χ4n) is 6.05. The number of benzene rings is 1. The van der Waals surface area contributed by atoms with Crippen LogP contribution in [0.1, 0.15) is 24.8 Å². The Hall–Kier alpha value is -3.99. The molecule has 0 radical (unpaired) electrons. The van der Waals surface area contributed by atoms with Gasteiger partial charge in [-0.15, -0.1) is 10.2 Å². The minimum atomic E-state index is -0.132. The molecule has 0 spiro atoms. The number of nitrogens with two attached hydrogens (primary N) is 1. The predicted octanol–water partition coefficient (Wildman–Crippen LogP) is 2.07. The fourth-order valence-corrected chi connectivity index (χ4v) is 6.05. The first-order valence-corrected chi connectivity index (χ1v) is 13.1. The van der Waals surface area contributed by atoms with E-state index in [1.165, 1.54) is 7.11 Å². The van der Waals surface area contributed by atoms with Crippen molar-refractivity contribution in [1.29, 1.82) is 0 Å². The van der Waals surface area contributed by atoms with E-state index in [4.69, 9.17) is 20.4 Å². The zero-order valence-electron chi connectivity index (χ0n) is 21.4. The van der Waals surface area contributed by atoms with E-state index in [9.17, 15) is 9.90 Å². The molecule has 3 aliphatic heterocycles. The number of likely N-dealkylation sites (tertiary alicyclic amines) is 1. The number of aromatic hydroxyl groups is 1. The van der Waals surface area contributed by atoms with Crippen LogP contribution in [0.5, 0.6) is 5.75 Å². The summed E-state index contributed by atoms with van der Waals surface area (Å²) in [5.41, 5.74) is 9.36. The number of piperazine rings is 1. The maximum Gasteiger partial charge on any atom is 0.310 e. The first-order chi connectivity index (χ1) is 18.5. The lowest BCUT2D eigenvalue weighted by molar-refractivity contribution is -0.144. The maximum absolute atomic E-state index is 11.8. The van der Waals surface area contributed by atoms with Crippen molar-refractivity contribution in [1.82, 2.24) is 25.1 Å². The van der Waals surface area contributed by atoms with Crippen LogP contribution in [0.4, 0.5) is 17.5 Å². The number of para-hydroxylation sites is 1. The molecule has 3 saturated heterocycles. The van der Waals surface area contributed by atoms with Crippen molar-refractivity contribution in [2.75, 3.05) is 48.8 Å². The molecule has 2 bridgehead atoms. The second-order valence-corrected chi connectivity index (χ2v) is 10.3. The number of carbonyl (C=O) groups is 1. The Morgan fingerprint density at radius 3 is 2.53 bits per heavy atom. The zero-order valence-corrected chi connectivity index (χ0v) is 21.4. The average Bonchev–Trinajstić information content (AvgIpc) is 3.50. The molecule has 6 rings (SSSR count). The molecule has 2 unspecified atom stereocenters. The van der Waals surface area contributed by atoms with Gasteiger partial charge in [0.05, 0.1) is 24.4 Å². The van der Waals surface area contributed by atoms with Gasteiger partial charge in [0, 0.05) is 61.8 Å². The molecule has 198 valence electrons. The lowest BCUT2D eigenvalue weighted by Crippen LogP contribution is -2.54. The van der Waals surface area contributed by atoms with Crippen molar-refractivity contribution < 1.29 is 14.6 Å². The van der Waals surface area contributed by atoms with Gasteiger partial charge in [0.15, 0.2) is 5.82 Å². The molecule has 0 amide bonds. The highest BCUT2D eigenvalue weighted by Crippen LogP contribution is 2.38. The molecule has 11 nitrogen and oxygen atoms in total. The van der Waals surface area contributed by atoms with Gasteiger partial charge < -0.3 is 25.4 Å². The topological polar surface area (TPSA) is 134 Å². The molecular formula is C27H32N8O3. The molecule has 3 N–H and O–H groups in total. The number of phenolic OH excluding ortho intramolecular Hbond substituents is 1. The third kappa shape index (κ3) is 4.58. The van der Waals surface area contributed by atoms with Gasteiger partial charge in [-0.05, 0) is 44.0 Å². The number of nitrogen functional groups attached to an aromatic ring is 1. The first kappa shape index (κ1) is 24.4. The van der Waals surface area contributed by atoms with Crippen molar-refractivity contribution in [3.63, 3.8) is 0 Å². The minimum absolute atomic E-state index is 0.0498. The minimum Gasteiger partial charge on any atom is -0.507 e. The van der Waals surface area contributed by atoms with E-state index in [1.54, 1.807) is 12.1 Å². The van der Waals surface area contributed by atoms with Crippen LogP contribution in [-0.4, -0.2) is 81.5 Å². The quantitative estimate of drug-likeness (QED) is 0.466. The standard InChI is InChI=1S/C27H32N8O3/c1-38-26(37)18-8-9-33(14-18)13-17-11-29-27(30-12-17)35-19-6-7-20(35)16-34(15-19)23-10-22(31-32-25(23)28)21-4-2-3-5-24(21)36/h2-5,10-12,18-20,36H,6-9,13-16H2,1H3,(H2,28,32)/t18-,19?,20?/m1/s1. The summed E-state index contributed by atoms with van der Waals surface area (Å²) in [5, 5.41) is 18.7. The van der Waals surface area contributed by atoms with E-state index < -0.39 is 0 Å². The molecule has 11 heteroatoms. The number of fused-ring (bicyclic) bond motifs is 2. The highest BCUT2D eigenvalue weighted by Gasteiger charge is 2.42. The second-order valence-electron chi connectivity index (χ2n) is 10.3. The van der Waals surface area contributed by atoms with Crippen molar-refractivity contribution in [3.05, 3.63) is 48.3 Å². The number of anilines is 3. The number of carbonyl (C=O) groups excluding carboxylic acids is 1. The largest absolute Gasteiger partial charge is 0.507 e. The smallest absolute Gasteiger partial charge is 0.310 e. The number of esters is 1. The Labute approximate surface area is 221 Å². The molecule has 3 aromatic rings. The van der Waals surface area contributed by atoms with Gasteiger partial charge in [0.25, 0.3) is 0 Å². The molecule has 2 aromatic heterocycles. The summed E-state index contributed by atoms with van der Waals surface area (Å²) in [6.07, 6.45) is 6.75. The van der Waals surface area contributed by atoms with E-state index in [-0.39, 0.29) is 29.7 Å². The Morgan fingerprint density at radius 2 is 1.82 bits per heavy atom. The number of ether oxygens (including phenoxy) is 1. The molecule has 3 fully saturated rings. The van der Waals surface area contributed by atoms with Crippen LogP contribution in [0, 0.1) is 5.92 Å². The Morgan fingerprint density at radius 1 is 1.08 bits per heavy atom. The number of nitrogens with zero attached hydrogens (tertiary/aromatic N) is 7. The fraction of sp³-hybridized carbons (Fsp3) is 0.444.